The minimum atomic E-state index is 1.23. The first-order chi connectivity index (χ1) is 7.85. The standard InChI is InChI=1S/C14H18S2/c1-3-5-11-9-14(12-7-8-15-10-12)16-13(11)6-4-2/h7-10H,3-6H2,1-2H3. The van der Waals surface area contributed by atoms with Crippen molar-refractivity contribution in [3.63, 3.8) is 0 Å². The molecule has 2 heterocycles. The predicted molar refractivity (Wildman–Crippen MR) is 75.6 cm³/mol. The normalized spacial score (nSPS) is 10.9. The zero-order chi connectivity index (χ0) is 11.4. The Labute approximate surface area is 106 Å². The molecular weight excluding hydrogens is 232 g/mol. The molecule has 2 aromatic heterocycles. The molecule has 0 aliphatic rings. The van der Waals surface area contributed by atoms with Crippen LogP contribution in [0.5, 0.6) is 0 Å². The third-order valence-electron chi connectivity index (χ3n) is 2.70. The van der Waals surface area contributed by atoms with Gasteiger partial charge in [-0.25, -0.2) is 0 Å². The van der Waals surface area contributed by atoms with Crippen molar-refractivity contribution in [3.05, 3.63) is 33.3 Å². The maximum Gasteiger partial charge on any atom is 0.0356 e. The van der Waals surface area contributed by atoms with Crippen molar-refractivity contribution >= 4 is 22.7 Å². The molecule has 0 aliphatic carbocycles. The zero-order valence-corrected chi connectivity index (χ0v) is 11.6. The van der Waals surface area contributed by atoms with Crippen molar-refractivity contribution in [3.8, 4) is 10.4 Å². The Bertz CT molecular complexity index is 400. The second-order valence-corrected chi connectivity index (χ2v) is 5.99. The molecule has 0 saturated carbocycles. The summed E-state index contributed by atoms with van der Waals surface area (Å²) in [5.74, 6) is 0. The van der Waals surface area contributed by atoms with Crippen LogP contribution >= 0.6 is 22.7 Å². The van der Waals surface area contributed by atoms with Gasteiger partial charge in [-0.05, 0) is 41.3 Å². The van der Waals surface area contributed by atoms with Gasteiger partial charge in [-0.15, -0.1) is 11.3 Å². The molecule has 0 N–H and O–H groups in total. The Kier molecular flexibility index (Phi) is 4.19. The third kappa shape index (κ3) is 2.55. The van der Waals surface area contributed by atoms with E-state index in [2.05, 4.69) is 36.7 Å². The van der Waals surface area contributed by atoms with Crippen LogP contribution in [0.2, 0.25) is 0 Å². The number of thiophene rings is 2. The van der Waals surface area contributed by atoms with E-state index in [0.29, 0.717) is 0 Å². The van der Waals surface area contributed by atoms with Crippen LogP contribution in [-0.2, 0) is 12.8 Å². The van der Waals surface area contributed by atoms with Crippen molar-refractivity contribution in [1.29, 1.82) is 0 Å². The summed E-state index contributed by atoms with van der Waals surface area (Å²) in [6.07, 6.45) is 4.97. The maximum absolute atomic E-state index is 2.40. The smallest absolute Gasteiger partial charge is 0.0356 e. The average molecular weight is 250 g/mol. The zero-order valence-electron chi connectivity index (χ0n) is 9.95. The van der Waals surface area contributed by atoms with Gasteiger partial charge in [-0.3, -0.25) is 0 Å². The van der Waals surface area contributed by atoms with Crippen molar-refractivity contribution in [1.82, 2.24) is 0 Å². The van der Waals surface area contributed by atoms with Crippen LogP contribution in [0.4, 0.5) is 0 Å². The van der Waals surface area contributed by atoms with E-state index in [1.165, 1.54) is 36.1 Å². The summed E-state index contributed by atoms with van der Waals surface area (Å²) in [5, 5.41) is 4.41. The van der Waals surface area contributed by atoms with E-state index in [0.717, 1.165) is 0 Å². The summed E-state index contributed by atoms with van der Waals surface area (Å²) in [6.45, 7) is 4.53. The molecule has 0 unspecified atom stereocenters. The minimum Gasteiger partial charge on any atom is -0.152 e. The van der Waals surface area contributed by atoms with Crippen LogP contribution in [0.3, 0.4) is 0 Å². The molecule has 2 heteroatoms. The fourth-order valence-electron chi connectivity index (χ4n) is 1.93. The van der Waals surface area contributed by atoms with E-state index in [1.807, 2.05) is 11.3 Å². The van der Waals surface area contributed by atoms with E-state index >= 15 is 0 Å². The van der Waals surface area contributed by atoms with Crippen LogP contribution in [0, 0.1) is 0 Å². The number of hydrogen-bond acceptors (Lipinski definition) is 2. The number of aryl methyl sites for hydroxylation is 2. The van der Waals surface area contributed by atoms with E-state index in [-0.39, 0.29) is 0 Å². The largest absolute Gasteiger partial charge is 0.152 e. The first kappa shape index (κ1) is 11.9. The molecule has 0 bridgehead atoms. The summed E-state index contributed by atoms with van der Waals surface area (Å²) >= 11 is 3.77. The fraction of sp³-hybridized carbons (Fsp3) is 0.429. The molecule has 0 aliphatic heterocycles. The van der Waals surface area contributed by atoms with Crippen molar-refractivity contribution in [2.75, 3.05) is 0 Å². The van der Waals surface area contributed by atoms with E-state index < -0.39 is 0 Å². The number of rotatable bonds is 5. The molecule has 0 saturated heterocycles. The van der Waals surface area contributed by atoms with Gasteiger partial charge >= 0.3 is 0 Å². The van der Waals surface area contributed by atoms with Gasteiger partial charge in [0.1, 0.15) is 0 Å². The monoisotopic (exact) mass is 250 g/mol. The summed E-state index contributed by atoms with van der Waals surface area (Å²) in [4.78, 5) is 3.05. The molecule has 16 heavy (non-hydrogen) atoms. The predicted octanol–water partition coefficient (Wildman–Crippen LogP) is 5.38. The summed E-state index contributed by atoms with van der Waals surface area (Å²) in [6, 6.07) is 4.63. The van der Waals surface area contributed by atoms with Crippen molar-refractivity contribution < 1.29 is 0 Å². The Balaban J connectivity index is 2.30. The molecule has 2 aromatic rings. The Hall–Kier alpha value is -0.600. The second kappa shape index (κ2) is 5.65. The van der Waals surface area contributed by atoms with Gasteiger partial charge in [-0.2, -0.15) is 11.3 Å². The molecule has 86 valence electrons. The van der Waals surface area contributed by atoms with Crippen LogP contribution < -0.4 is 0 Å². The SMILES string of the molecule is CCCc1cc(-c2ccsc2)sc1CCC. The maximum atomic E-state index is 2.40. The van der Waals surface area contributed by atoms with Crippen LogP contribution in [0.1, 0.15) is 37.1 Å². The molecule has 0 amide bonds. The fourth-order valence-corrected chi connectivity index (χ4v) is 3.97. The van der Waals surface area contributed by atoms with Gasteiger partial charge in [0.25, 0.3) is 0 Å². The Morgan fingerprint density at radius 2 is 1.94 bits per heavy atom. The van der Waals surface area contributed by atoms with Crippen LogP contribution in [0.15, 0.2) is 22.9 Å². The molecule has 0 spiro atoms. The van der Waals surface area contributed by atoms with Gasteiger partial charge in [0.2, 0.25) is 0 Å². The van der Waals surface area contributed by atoms with Crippen molar-refractivity contribution in [2.24, 2.45) is 0 Å². The second-order valence-electron chi connectivity index (χ2n) is 4.07. The average Bonchev–Trinajstić information content (AvgIpc) is 2.89. The lowest BCUT2D eigenvalue weighted by Gasteiger charge is -1.98. The molecular formula is C14H18S2. The van der Waals surface area contributed by atoms with Gasteiger partial charge in [0.05, 0.1) is 0 Å². The highest BCUT2D eigenvalue weighted by Gasteiger charge is 2.09. The lowest BCUT2D eigenvalue weighted by molar-refractivity contribution is 0.878. The molecule has 0 radical (unpaired) electrons. The highest BCUT2D eigenvalue weighted by Crippen LogP contribution is 2.34. The van der Waals surface area contributed by atoms with Gasteiger partial charge < -0.3 is 0 Å². The van der Waals surface area contributed by atoms with Gasteiger partial charge in [-0.1, -0.05) is 26.7 Å². The lowest BCUT2D eigenvalue weighted by Crippen LogP contribution is -1.86. The summed E-state index contributed by atoms with van der Waals surface area (Å²) < 4.78 is 0. The molecule has 2 rings (SSSR count). The van der Waals surface area contributed by atoms with Crippen molar-refractivity contribution in [2.45, 2.75) is 39.5 Å². The first-order valence-corrected chi connectivity index (χ1v) is 7.75. The molecule has 0 fully saturated rings. The highest BCUT2D eigenvalue weighted by atomic mass is 32.1. The Morgan fingerprint density at radius 3 is 2.56 bits per heavy atom. The van der Waals surface area contributed by atoms with E-state index in [1.54, 1.807) is 21.8 Å². The Morgan fingerprint density at radius 1 is 1.12 bits per heavy atom. The lowest BCUT2D eigenvalue weighted by atomic mass is 10.1. The van der Waals surface area contributed by atoms with Gasteiger partial charge in [0, 0.05) is 15.3 Å². The van der Waals surface area contributed by atoms with Crippen LogP contribution in [-0.4, -0.2) is 0 Å². The van der Waals surface area contributed by atoms with E-state index in [4.69, 9.17) is 0 Å². The third-order valence-corrected chi connectivity index (χ3v) is 4.67. The minimum absolute atomic E-state index is 1.23. The number of hydrogen-bond donors (Lipinski definition) is 0. The summed E-state index contributed by atoms with van der Waals surface area (Å²) in [7, 11) is 0. The van der Waals surface area contributed by atoms with Crippen LogP contribution in [0.25, 0.3) is 10.4 Å². The van der Waals surface area contributed by atoms with Gasteiger partial charge in [0.15, 0.2) is 0 Å². The first-order valence-electron chi connectivity index (χ1n) is 5.99. The summed E-state index contributed by atoms with van der Waals surface area (Å²) in [5.41, 5.74) is 2.98. The topological polar surface area (TPSA) is 0 Å². The molecule has 0 aromatic carbocycles. The van der Waals surface area contributed by atoms with E-state index in [9.17, 15) is 0 Å². The quantitative estimate of drug-likeness (QED) is 0.668. The highest BCUT2D eigenvalue weighted by molar-refractivity contribution is 7.16. The molecule has 0 atom stereocenters. The molecule has 0 nitrogen and oxygen atoms in total.